The van der Waals surface area contributed by atoms with Gasteiger partial charge in [-0.3, -0.25) is 4.79 Å². The molecule has 1 aliphatic rings. The van der Waals surface area contributed by atoms with Gasteiger partial charge in [0.1, 0.15) is 6.54 Å². The van der Waals surface area contributed by atoms with Crippen molar-refractivity contribution in [1.82, 2.24) is 10.2 Å². The number of hydrogen-bond acceptors (Lipinski definition) is 6. The third kappa shape index (κ3) is 4.55. The maximum atomic E-state index is 13.0. The number of nitriles is 1. The fourth-order valence-electron chi connectivity index (χ4n) is 3.14. The van der Waals surface area contributed by atoms with Crippen molar-refractivity contribution in [2.75, 3.05) is 13.1 Å². The molecule has 2 atom stereocenters. The smallest absolute Gasteiger partial charge is 0.409 e. The van der Waals surface area contributed by atoms with E-state index >= 15 is 0 Å². The molecular weight excluding hydrogens is 394 g/mol. The summed E-state index contributed by atoms with van der Waals surface area (Å²) in [6.45, 7) is -0.370. The third-order valence-electron chi connectivity index (χ3n) is 4.56. The number of benzene rings is 2. The van der Waals surface area contributed by atoms with E-state index in [2.05, 4.69) is 5.32 Å². The molecule has 9 heteroatoms. The Labute approximate surface area is 168 Å². The topological polar surface area (TPSA) is 117 Å². The number of sulfone groups is 1. The highest BCUT2D eigenvalue weighted by atomic mass is 32.2. The van der Waals surface area contributed by atoms with Gasteiger partial charge in [-0.2, -0.15) is 5.26 Å². The highest BCUT2D eigenvalue weighted by Crippen LogP contribution is 2.30. The van der Waals surface area contributed by atoms with Crippen molar-refractivity contribution >= 4 is 21.8 Å². The van der Waals surface area contributed by atoms with Crippen LogP contribution in [0.5, 0.6) is 0 Å². The Morgan fingerprint density at radius 2 is 1.72 bits per heavy atom. The van der Waals surface area contributed by atoms with Crippen molar-refractivity contribution in [3.05, 3.63) is 66.2 Å². The molecule has 8 nitrogen and oxygen atoms in total. The van der Waals surface area contributed by atoms with E-state index in [0.717, 1.165) is 0 Å². The molecule has 0 radical (unpaired) electrons. The monoisotopic (exact) mass is 413 g/mol. The van der Waals surface area contributed by atoms with Crippen molar-refractivity contribution in [1.29, 1.82) is 5.26 Å². The van der Waals surface area contributed by atoms with E-state index in [1.165, 1.54) is 17.0 Å². The molecule has 150 valence electrons. The van der Waals surface area contributed by atoms with Gasteiger partial charge in [0.25, 0.3) is 5.91 Å². The van der Waals surface area contributed by atoms with Crippen LogP contribution in [0.25, 0.3) is 0 Å². The SMILES string of the molecule is N#CCNC(=O)O[C@H]1C[C@@H](S(=O)(=O)c2ccccc2)CN1C(=O)c1ccccc1. The van der Waals surface area contributed by atoms with Crippen LogP contribution >= 0.6 is 0 Å². The fraction of sp³-hybridized carbons (Fsp3) is 0.250. The first kappa shape index (κ1) is 20.4. The van der Waals surface area contributed by atoms with Gasteiger partial charge in [0.15, 0.2) is 16.1 Å². The van der Waals surface area contributed by atoms with E-state index in [1.807, 2.05) is 0 Å². The molecule has 2 aromatic carbocycles. The average molecular weight is 413 g/mol. The van der Waals surface area contributed by atoms with E-state index in [0.29, 0.717) is 5.56 Å². The molecule has 0 saturated carbocycles. The Kier molecular flexibility index (Phi) is 6.14. The molecule has 1 aliphatic heterocycles. The molecule has 3 rings (SSSR count). The van der Waals surface area contributed by atoms with Gasteiger partial charge in [-0.15, -0.1) is 0 Å². The van der Waals surface area contributed by atoms with Crippen LogP contribution in [0.3, 0.4) is 0 Å². The lowest BCUT2D eigenvalue weighted by molar-refractivity contribution is 0.0147. The van der Waals surface area contributed by atoms with Crippen molar-refractivity contribution in [2.24, 2.45) is 0 Å². The Balaban J connectivity index is 1.86. The molecule has 1 fully saturated rings. The summed E-state index contributed by atoms with van der Waals surface area (Å²) in [4.78, 5) is 26.2. The number of alkyl carbamates (subject to hydrolysis) is 1. The lowest BCUT2D eigenvalue weighted by Crippen LogP contribution is -2.41. The minimum absolute atomic E-state index is 0.0597. The van der Waals surface area contributed by atoms with Gasteiger partial charge in [0.2, 0.25) is 0 Å². The second kappa shape index (κ2) is 8.75. The fourth-order valence-corrected chi connectivity index (χ4v) is 4.84. The number of nitrogens with one attached hydrogen (secondary N) is 1. The van der Waals surface area contributed by atoms with Crippen molar-refractivity contribution in [3.63, 3.8) is 0 Å². The summed E-state index contributed by atoms with van der Waals surface area (Å²) < 4.78 is 31.3. The molecule has 0 bridgehead atoms. The predicted octanol–water partition coefficient (Wildman–Crippen LogP) is 1.95. The Morgan fingerprint density at radius 3 is 2.34 bits per heavy atom. The van der Waals surface area contributed by atoms with Gasteiger partial charge in [0.05, 0.1) is 16.2 Å². The quantitative estimate of drug-likeness (QED) is 0.749. The van der Waals surface area contributed by atoms with E-state index < -0.39 is 33.3 Å². The zero-order valence-electron chi connectivity index (χ0n) is 15.4. The summed E-state index contributed by atoms with van der Waals surface area (Å²) in [6.07, 6.45) is -2.01. The third-order valence-corrected chi connectivity index (χ3v) is 6.71. The second-order valence-electron chi connectivity index (χ2n) is 6.41. The highest BCUT2D eigenvalue weighted by molar-refractivity contribution is 7.92. The van der Waals surface area contributed by atoms with Crippen molar-refractivity contribution < 1.29 is 22.7 Å². The molecule has 2 amide bonds. The maximum absolute atomic E-state index is 13.0. The summed E-state index contributed by atoms with van der Waals surface area (Å²) in [7, 11) is -3.73. The number of hydrogen-bond donors (Lipinski definition) is 1. The number of amides is 2. The van der Waals surface area contributed by atoms with Crippen LogP contribution in [-0.2, 0) is 14.6 Å². The maximum Gasteiger partial charge on any atom is 0.409 e. The summed E-state index contributed by atoms with van der Waals surface area (Å²) in [5, 5.41) is 9.88. The number of carbonyl (C=O) groups excluding carboxylic acids is 2. The molecule has 0 unspecified atom stereocenters. The molecule has 0 spiro atoms. The lowest BCUT2D eigenvalue weighted by Gasteiger charge is -2.24. The van der Waals surface area contributed by atoms with Crippen molar-refractivity contribution in [3.8, 4) is 6.07 Å². The van der Waals surface area contributed by atoms with Gasteiger partial charge in [-0.1, -0.05) is 36.4 Å². The average Bonchev–Trinajstić information content (AvgIpc) is 3.17. The molecule has 0 aliphatic carbocycles. The van der Waals surface area contributed by atoms with Crippen LogP contribution in [0.15, 0.2) is 65.6 Å². The molecule has 29 heavy (non-hydrogen) atoms. The standard InChI is InChI=1S/C20H19N3O5S/c21-11-12-22-20(25)28-18-13-17(29(26,27)16-9-5-2-6-10-16)14-23(18)19(24)15-7-3-1-4-8-15/h1-10,17-18H,12-14H2,(H,22,25)/t17-,18+/m1/s1. The lowest BCUT2D eigenvalue weighted by atomic mass is 10.2. The molecule has 0 aromatic heterocycles. The summed E-state index contributed by atoms with van der Waals surface area (Å²) in [6, 6.07) is 18.0. The Morgan fingerprint density at radius 1 is 1.10 bits per heavy atom. The van der Waals surface area contributed by atoms with Crippen LogP contribution in [0.4, 0.5) is 4.79 Å². The van der Waals surface area contributed by atoms with Crippen LogP contribution in [0, 0.1) is 11.3 Å². The van der Waals surface area contributed by atoms with Crippen LogP contribution in [0.2, 0.25) is 0 Å². The number of rotatable bonds is 5. The number of ether oxygens (including phenoxy) is 1. The molecular formula is C20H19N3O5S. The first-order valence-electron chi connectivity index (χ1n) is 8.90. The zero-order chi connectivity index (χ0) is 20.9. The molecule has 2 aromatic rings. The Bertz CT molecular complexity index is 1020. The normalized spacial score (nSPS) is 18.7. The number of nitrogens with zero attached hydrogens (tertiary/aromatic N) is 2. The molecule has 1 saturated heterocycles. The van der Waals surface area contributed by atoms with Gasteiger partial charge >= 0.3 is 6.09 Å². The van der Waals surface area contributed by atoms with E-state index in [1.54, 1.807) is 54.6 Å². The van der Waals surface area contributed by atoms with Crippen LogP contribution in [0.1, 0.15) is 16.8 Å². The predicted molar refractivity (Wildman–Crippen MR) is 103 cm³/mol. The van der Waals surface area contributed by atoms with Crippen LogP contribution < -0.4 is 5.32 Å². The zero-order valence-corrected chi connectivity index (χ0v) is 16.2. The second-order valence-corrected chi connectivity index (χ2v) is 8.64. The first-order chi connectivity index (χ1) is 13.9. The van der Waals surface area contributed by atoms with Crippen molar-refractivity contribution in [2.45, 2.75) is 22.8 Å². The number of likely N-dealkylation sites (tertiary alicyclic amines) is 1. The van der Waals surface area contributed by atoms with E-state index in [-0.39, 0.29) is 24.4 Å². The van der Waals surface area contributed by atoms with Gasteiger partial charge in [0, 0.05) is 18.5 Å². The largest absolute Gasteiger partial charge is 0.425 e. The summed E-state index contributed by atoms with van der Waals surface area (Å²) in [5.41, 5.74) is 0.358. The Hall–Kier alpha value is -3.38. The van der Waals surface area contributed by atoms with E-state index in [9.17, 15) is 18.0 Å². The van der Waals surface area contributed by atoms with Gasteiger partial charge < -0.3 is 15.0 Å². The summed E-state index contributed by atoms with van der Waals surface area (Å²) >= 11 is 0. The highest BCUT2D eigenvalue weighted by Gasteiger charge is 2.44. The molecule has 1 N–H and O–H groups in total. The number of carbonyl (C=O) groups is 2. The first-order valence-corrected chi connectivity index (χ1v) is 10.4. The minimum atomic E-state index is -3.73. The molecule has 1 heterocycles. The van der Waals surface area contributed by atoms with E-state index in [4.69, 9.17) is 10.00 Å². The minimum Gasteiger partial charge on any atom is -0.425 e. The summed E-state index contributed by atoms with van der Waals surface area (Å²) in [5.74, 6) is -0.436. The van der Waals surface area contributed by atoms with Gasteiger partial charge in [-0.25, -0.2) is 13.2 Å². The van der Waals surface area contributed by atoms with Crippen LogP contribution in [-0.4, -0.2) is 49.9 Å². The van der Waals surface area contributed by atoms with Gasteiger partial charge in [-0.05, 0) is 24.3 Å².